The second-order valence-electron chi connectivity index (χ2n) is 4.60. The molecule has 1 unspecified atom stereocenters. The summed E-state index contributed by atoms with van der Waals surface area (Å²) in [5.74, 6) is 0. The molecule has 0 aromatic heterocycles. The summed E-state index contributed by atoms with van der Waals surface area (Å²) in [4.78, 5) is 0.0708. The van der Waals surface area contributed by atoms with Crippen LogP contribution in [0.4, 0.5) is 5.69 Å². The van der Waals surface area contributed by atoms with Gasteiger partial charge in [-0.3, -0.25) is 0 Å². The Kier molecular flexibility index (Phi) is 4.78. The van der Waals surface area contributed by atoms with Gasteiger partial charge < -0.3 is 5.32 Å². The Hall–Kier alpha value is -1.27. The van der Waals surface area contributed by atoms with Gasteiger partial charge in [0.05, 0.1) is 10.9 Å². The van der Waals surface area contributed by atoms with Crippen LogP contribution in [0.1, 0.15) is 18.5 Å². The van der Waals surface area contributed by atoms with Crippen LogP contribution in [0.2, 0.25) is 10.0 Å². The van der Waals surface area contributed by atoms with Crippen LogP contribution in [-0.4, -0.2) is 8.42 Å². The van der Waals surface area contributed by atoms with E-state index < -0.39 is 10.0 Å². The van der Waals surface area contributed by atoms with Crippen molar-refractivity contribution >= 4 is 38.9 Å². The average Bonchev–Trinajstić information content (AvgIpc) is 2.41. The molecule has 7 heteroatoms. The van der Waals surface area contributed by atoms with Crippen molar-refractivity contribution in [2.45, 2.75) is 17.9 Å². The highest BCUT2D eigenvalue weighted by Crippen LogP contribution is 2.28. The van der Waals surface area contributed by atoms with Crippen LogP contribution >= 0.6 is 23.2 Å². The van der Waals surface area contributed by atoms with Gasteiger partial charge in [0, 0.05) is 15.7 Å². The van der Waals surface area contributed by atoms with Crippen LogP contribution < -0.4 is 10.5 Å². The maximum absolute atomic E-state index is 11.2. The van der Waals surface area contributed by atoms with E-state index >= 15 is 0 Å². The monoisotopic (exact) mass is 344 g/mol. The van der Waals surface area contributed by atoms with E-state index in [2.05, 4.69) is 5.32 Å². The Morgan fingerprint density at radius 3 is 2.29 bits per heavy atom. The number of halogens is 2. The molecule has 0 radical (unpaired) electrons. The van der Waals surface area contributed by atoms with E-state index in [1.165, 1.54) is 12.1 Å². The maximum atomic E-state index is 11.2. The highest BCUT2D eigenvalue weighted by molar-refractivity contribution is 7.89. The predicted octanol–water partition coefficient (Wildman–Crippen LogP) is 3.81. The summed E-state index contributed by atoms with van der Waals surface area (Å²) in [5.41, 5.74) is 1.62. The van der Waals surface area contributed by atoms with E-state index in [1.54, 1.807) is 30.3 Å². The van der Waals surface area contributed by atoms with Crippen molar-refractivity contribution in [2.24, 2.45) is 5.14 Å². The van der Waals surface area contributed by atoms with Crippen molar-refractivity contribution in [2.75, 3.05) is 5.32 Å². The van der Waals surface area contributed by atoms with Crippen LogP contribution in [0.3, 0.4) is 0 Å². The molecule has 0 heterocycles. The van der Waals surface area contributed by atoms with Crippen molar-refractivity contribution < 1.29 is 8.42 Å². The van der Waals surface area contributed by atoms with E-state index in [0.717, 1.165) is 11.3 Å². The fourth-order valence-electron chi connectivity index (χ4n) is 1.92. The van der Waals surface area contributed by atoms with Crippen molar-refractivity contribution in [3.8, 4) is 0 Å². The summed E-state index contributed by atoms with van der Waals surface area (Å²) in [6, 6.07) is 11.4. The van der Waals surface area contributed by atoms with Crippen LogP contribution in [0.5, 0.6) is 0 Å². The summed E-state index contributed by atoms with van der Waals surface area (Å²) in [7, 11) is -3.68. The van der Waals surface area contributed by atoms with E-state index in [1.807, 2.05) is 6.92 Å². The fraction of sp³-hybridized carbons (Fsp3) is 0.143. The Morgan fingerprint density at radius 1 is 1.10 bits per heavy atom. The molecule has 2 aromatic rings. The van der Waals surface area contributed by atoms with E-state index in [0.29, 0.717) is 10.0 Å². The SMILES string of the molecule is CC(Nc1ccc(S(N)(=O)=O)cc1)c1cc(Cl)ccc1Cl. The molecule has 1 atom stereocenters. The first-order valence-corrected chi connectivity index (χ1v) is 8.42. The molecule has 2 rings (SSSR count). The number of nitrogens with two attached hydrogens (primary N) is 1. The summed E-state index contributed by atoms with van der Waals surface area (Å²) in [5, 5.41) is 9.50. The zero-order chi connectivity index (χ0) is 15.6. The highest BCUT2D eigenvalue weighted by Gasteiger charge is 2.11. The van der Waals surface area contributed by atoms with E-state index in [-0.39, 0.29) is 10.9 Å². The molecule has 0 spiro atoms. The number of sulfonamides is 1. The number of rotatable bonds is 4. The Morgan fingerprint density at radius 2 is 1.71 bits per heavy atom. The van der Waals surface area contributed by atoms with E-state index in [4.69, 9.17) is 28.3 Å². The molecule has 0 aliphatic heterocycles. The van der Waals surface area contributed by atoms with Crippen LogP contribution in [0.15, 0.2) is 47.4 Å². The van der Waals surface area contributed by atoms with Gasteiger partial charge in [-0.15, -0.1) is 0 Å². The van der Waals surface area contributed by atoms with Crippen LogP contribution in [-0.2, 0) is 10.0 Å². The third-order valence-corrected chi connectivity index (χ3v) is 4.50. The number of hydrogen-bond donors (Lipinski definition) is 2. The predicted molar refractivity (Wildman–Crippen MR) is 86.3 cm³/mol. The molecule has 2 aromatic carbocycles. The summed E-state index contributed by atoms with van der Waals surface area (Å²) >= 11 is 12.1. The number of nitrogens with one attached hydrogen (secondary N) is 1. The van der Waals surface area contributed by atoms with Crippen molar-refractivity contribution in [1.29, 1.82) is 0 Å². The van der Waals surface area contributed by atoms with Crippen LogP contribution in [0.25, 0.3) is 0 Å². The molecule has 0 saturated heterocycles. The zero-order valence-electron chi connectivity index (χ0n) is 11.2. The minimum absolute atomic E-state index is 0.0708. The molecule has 3 N–H and O–H groups in total. The molecule has 0 aliphatic carbocycles. The van der Waals surface area contributed by atoms with Gasteiger partial charge >= 0.3 is 0 Å². The summed E-state index contributed by atoms with van der Waals surface area (Å²) in [6.07, 6.45) is 0. The maximum Gasteiger partial charge on any atom is 0.238 e. The number of benzene rings is 2. The van der Waals surface area contributed by atoms with Gasteiger partial charge in [-0.2, -0.15) is 0 Å². The lowest BCUT2D eigenvalue weighted by Crippen LogP contribution is -2.12. The quantitative estimate of drug-likeness (QED) is 0.885. The largest absolute Gasteiger partial charge is 0.378 e. The molecular formula is C14H14Cl2N2O2S. The van der Waals surface area contributed by atoms with Gasteiger partial charge in [0.15, 0.2) is 0 Å². The molecule has 0 saturated carbocycles. The lowest BCUT2D eigenvalue weighted by atomic mass is 10.1. The Balaban J connectivity index is 2.20. The van der Waals surface area contributed by atoms with Gasteiger partial charge in [0.2, 0.25) is 10.0 Å². The lowest BCUT2D eigenvalue weighted by Gasteiger charge is -2.17. The van der Waals surface area contributed by atoms with Gasteiger partial charge in [-0.25, -0.2) is 13.6 Å². The molecule has 0 amide bonds. The van der Waals surface area contributed by atoms with Crippen molar-refractivity contribution in [1.82, 2.24) is 0 Å². The molecule has 112 valence electrons. The Labute approximate surface area is 133 Å². The first-order chi connectivity index (χ1) is 9.77. The van der Waals surface area contributed by atoms with Gasteiger partial charge in [0.25, 0.3) is 0 Å². The molecule has 0 aliphatic rings. The van der Waals surface area contributed by atoms with Crippen LogP contribution in [0, 0.1) is 0 Å². The second-order valence-corrected chi connectivity index (χ2v) is 7.01. The Bertz CT molecular complexity index is 746. The topological polar surface area (TPSA) is 72.2 Å². The molecule has 0 bridgehead atoms. The summed E-state index contributed by atoms with van der Waals surface area (Å²) in [6.45, 7) is 1.94. The first kappa shape index (κ1) is 16.1. The first-order valence-electron chi connectivity index (χ1n) is 6.12. The minimum Gasteiger partial charge on any atom is -0.378 e. The van der Waals surface area contributed by atoms with Gasteiger partial charge in [0.1, 0.15) is 0 Å². The second kappa shape index (κ2) is 6.23. The highest BCUT2D eigenvalue weighted by atomic mass is 35.5. The number of anilines is 1. The van der Waals surface area contributed by atoms with Gasteiger partial charge in [-0.05, 0) is 55.0 Å². The minimum atomic E-state index is -3.68. The molecule has 4 nitrogen and oxygen atoms in total. The zero-order valence-corrected chi connectivity index (χ0v) is 13.5. The number of hydrogen-bond acceptors (Lipinski definition) is 3. The number of primary sulfonamides is 1. The molecule has 21 heavy (non-hydrogen) atoms. The molecule has 0 fully saturated rings. The normalized spacial score (nSPS) is 13.0. The van der Waals surface area contributed by atoms with Gasteiger partial charge in [-0.1, -0.05) is 23.2 Å². The van der Waals surface area contributed by atoms with E-state index in [9.17, 15) is 8.42 Å². The third kappa shape index (κ3) is 4.11. The third-order valence-electron chi connectivity index (χ3n) is 2.99. The standard InChI is InChI=1S/C14H14Cl2N2O2S/c1-9(13-8-10(15)2-7-14(13)16)18-11-3-5-12(6-4-11)21(17,19)20/h2-9,18H,1H3,(H2,17,19,20). The van der Waals surface area contributed by atoms with Crippen molar-refractivity contribution in [3.05, 3.63) is 58.1 Å². The fourth-order valence-corrected chi connectivity index (χ4v) is 2.89. The lowest BCUT2D eigenvalue weighted by molar-refractivity contribution is 0.598. The molecular weight excluding hydrogens is 331 g/mol. The summed E-state index contributed by atoms with van der Waals surface area (Å²) < 4.78 is 22.4. The smallest absolute Gasteiger partial charge is 0.238 e. The van der Waals surface area contributed by atoms with Crippen molar-refractivity contribution in [3.63, 3.8) is 0 Å². The average molecular weight is 345 g/mol.